The highest BCUT2D eigenvalue weighted by atomic mass is 35.5. The standard InChI is InChI=1S/C25H27ClN4O/c1-17-14-19(3)22(15-18(17)2)23-8-9-24(28-27-23)29-10-12-30(13-11-29)25(31)16-20-4-6-21(26)7-5-20/h4-9,14-15H,10-13,16H2,1-3H3. The fraction of sp³-hybridized carbons (Fsp3) is 0.320. The lowest BCUT2D eigenvalue weighted by Crippen LogP contribution is -2.49. The van der Waals surface area contributed by atoms with Crippen LogP contribution in [0.2, 0.25) is 5.02 Å². The van der Waals surface area contributed by atoms with E-state index in [-0.39, 0.29) is 5.91 Å². The highest BCUT2D eigenvalue weighted by Crippen LogP contribution is 2.25. The second kappa shape index (κ2) is 9.06. The van der Waals surface area contributed by atoms with Crippen molar-refractivity contribution in [1.29, 1.82) is 0 Å². The van der Waals surface area contributed by atoms with E-state index in [1.54, 1.807) is 0 Å². The lowest BCUT2D eigenvalue weighted by molar-refractivity contribution is -0.130. The van der Waals surface area contributed by atoms with Gasteiger partial charge in [-0.25, -0.2) is 0 Å². The normalized spacial score (nSPS) is 14.1. The van der Waals surface area contributed by atoms with E-state index in [2.05, 4.69) is 48.0 Å². The fourth-order valence-corrected chi connectivity index (χ4v) is 4.07. The number of amides is 1. The maximum Gasteiger partial charge on any atom is 0.227 e. The molecule has 0 N–H and O–H groups in total. The number of carbonyl (C=O) groups is 1. The number of hydrogen-bond donors (Lipinski definition) is 0. The van der Waals surface area contributed by atoms with Gasteiger partial charge in [-0.15, -0.1) is 10.2 Å². The third-order valence-corrected chi connectivity index (χ3v) is 6.24. The maximum atomic E-state index is 12.6. The molecule has 160 valence electrons. The number of benzene rings is 2. The monoisotopic (exact) mass is 434 g/mol. The fourth-order valence-electron chi connectivity index (χ4n) is 3.95. The van der Waals surface area contributed by atoms with Gasteiger partial charge in [0.05, 0.1) is 12.1 Å². The van der Waals surface area contributed by atoms with Crippen LogP contribution in [0.5, 0.6) is 0 Å². The zero-order chi connectivity index (χ0) is 22.0. The van der Waals surface area contributed by atoms with Crippen LogP contribution >= 0.6 is 11.6 Å². The minimum Gasteiger partial charge on any atom is -0.352 e. The second-order valence-corrected chi connectivity index (χ2v) is 8.64. The number of hydrogen-bond acceptors (Lipinski definition) is 4. The van der Waals surface area contributed by atoms with Crippen LogP contribution in [0.25, 0.3) is 11.3 Å². The van der Waals surface area contributed by atoms with E-state index in [1.165, 1.54) is 16.7 Å². The van der Waals surface area contributed by atoms with Gasteiger partial charge >= 0.3 is 0 Å². The van der Waals surface area contributed by atoms with Crippen molar-refractivity contribution in [2.75, 3.05) is 31.1 Å². The summed E-state index contributed by atoms with van der Waals surface area (Å²) in [6, 6.07) is 15.9. The number of aryl methyl sites for hydroxylation is 3. The first-order chi connectivity index (χ1) is 14.9. The Hall–Kier alpha value is -2.92. The van der Waals surface area contributed by atoms with E-state index < -0.39 is 0 Å². The summed E-state index contributed by atoms with van der Waals surface area (Å²) >= 11 is 5.92. The molecule has 0 aliphatic carbocycles. The van der Waals surface area contributed by atoms with Gasteiger partial charge in [0.2, 0.25) is 5.91 Å². The molecule has 3 aromatic rings. The Morgan fingerprint density at radius 3 is 2.19 bits per heavy atom. The number of piperazine rings is 1. The average molecular weight is 435 g/mol. The van der Waals surface area contributed by atoms with Gasteiger partial charge in [-0.05, 0) is 73.4 Å². The molecule has 1 fully saturated rings. The van der Waals surface area contributed by atoms with Crippen molar-refractivity contribution < 1.29 is 4.79 Å². The average Bonchev–Trinajstić information content (AvgIpc) is 2.78. The Labute approximate surface area is 188 Å². The summed E-state index contributed by atoms with van der Waals surface area (Å²) in [6.07, 6.45) is 0.404. The summed E-state index contributed by atoms with van der Waals surface area (Å²) in [5.41, 5.74) is 6.75. The SMILES string of the molecule is Cc1cc(C)c(-c2ccc(N3CCN(C(=O)Cc4ccc(Cl)cc4)CC3)nn2)cc1C. The van der Waals surface area contributed by atoms with E-state index in [0.29, 0.717) is 24.5 Å². The quantitative estimate of drug-likeness (QED) is 0.601. The highest BCUT2D eigenvalue weighted by Gasteiger charge is 2.22. The molecular formula is C25H27ClN4O. The second-order valence-electron chi connectivity index (χ2n) is 8.20. The molecule has 0 spiro atoms. The van der Waals surface area contributed by atoms with E-state index in [4.69, 9.17) is 11.6 Å². The number of carbonyl (C=O) groups excluding carboxylic acids is 1. The molecule has 31 heavy (non-hydrogen) atoms. The topological polar surface area (TPSA) is 49.3 Å². The molecule has 4 rings (SSSR count). The van der Waals surface area contributed by atoms with Gasteiger partial charge in [0, 0.05) is 36.8 Å². The summed E-state index contributed by atoms with van der Waals surface area (Å²) in [4.78, 5) is 16.7. The van der Waals surface area contributed by atoms with Crippen molar-refractivity contribution in [2.45, 2.75) is 27.2 Å². The van der Waals surface area contributed by atoms with Gasteiger partial charge < -0.3 is 9.80 Å². The molecule has 2 heterocycles. The first kappa shape index (κ1) is 21.3. The Balaban J connectivity index is 1.37. The summed E-state index contributed by atoms with van der Waals surface area (Å²) in [5, 5.41) is 9.65. The van der Waals surface area contributed by atoms with E-state index in [9.17, 15) is 4.79 Å². The minimum absolute atomic E-state index is 0.147. The lowest BCUT2D eigenvalue weighted by atomic mass is 9.99. The Bertz CT molecular complexity index is 1070. The zero-order valence-corrected chi connectivity index (χ0v) is 19.0. The lowest BCUT2D eigenvalue weighted by Gasteiger charge is -2.35. The number of aromatic nitrogens is 2. The van der Waals surface area contributed by atoms with E-state index in [1.807, 2.05) is 41.3 Å². The zero-order valence-electron chi connectivity index (χ0n) is 18.2. The van der Waals surface area contributed by atoms with Gasteiger partial charge in [-0.2, -0.15) is 0 Å². The van der Waals surface area contributed by atoms with Crippen molar-refractivity contribution in [2.24, 2.45) is 0 Å². The van der Waals surface area contributed by atoms with Crippen molar-refractivity contribution in [3.8, 4) is 11.3 Å². The first-order valence-electron chi connectivity index (χ1n) is 10.6. The molecule has 1 saturated heterocycles. The predicted octanol–water partition coefficient (Wildman–Crippen LogP) is 4.61. The third kappa shape index (κ3) is 4.88. The van der Waals surface area contributed by atoms with Crippen LogP contribution in [-0.2, 0) is 11.2 Å². The summed E-state index contributed by atoms with van der Waals surface area (Å²) in [5.74, 6) is 1.00. The molecule has 6 heteroatoms. The number of anilines is 1. The third-order valence-electron chi connectivity index (χ3n) is 5.99. The summed E-state index contributed by atoms with van der Waals surface area (Å²) in [6.45, 7) is 9.23. The largest absolute Gasteiger partial charge is 0.352 e. The van der Waals surface area contributed by atoms with Gasteiger partial charge in [0.25, 0.3) is 0 Å². The molecule has 5 nitrogen and oxygen atoms in total. The molecule has 0 atom stereocenters. The van der Waals surface area contributed by atoms with Gasteiger partial charge in [-0.3, -0.25) is 4.79 Å². The number of halogens is 1. The molecule has 0 saturated carbocycles. The first-order valence-corrected chi connectivity index (χ1v) is 11.0. The summed E-state index contributed by atoms with van der Waals surface area (Å²) in [7, 11) is 0. The molecule has 0 radical (unpaired) electrons. The minimum atomic E-state index is 0.147. The Morgan fingerprint density at radius 2 is 1.55 bits per heavy atom. The predicted molar refractivity (Wildman–Crippen MR) is 126 cm³/mol. The van der Waals surface area contributed by atoms with Gasteiger partial charge in [0.15, 0.2) is 5.82 Å². The molecule has 0 bridgehead atoms. The maximum absolute atomic E-state index is 12.6. The molecular weight excluding hydrogens is 408 g/mol. The summed E-state index contributed by atoms with van der Waals surface area (Å²) < 4.78 is 0. The van der Waals surface area contributed by atoms with Gasteiger partial charge in [0.1, 0.15) is 0 Å². The molecule has 2 aromatic carbocycles. The Kier molecular flexibility index (Phi) is 6.23. The van der Waals surface area contributed by atoms with Crippen molar-refractivity contribution in [1.82, 2.24) is 15.1 Å². The molecule has 1 aromatic heterocycles. The van der Waals surface area contributed by atoms with Gasteiger partial charge in [-0.1, -0.05) is 29.8 Å². The molecule has 1 amide bonds. The van der Waals surface area contributed by atoms with Crippen LogP contribution in [0, 0.1) is 20.8 Å². The van der Waals surface area contributed by atoms with Crippen molar-refractivity contribution >= 4 is 23.3 Å². The smallest absolute Gasteiger partial charge is 0.227 e. The van der Waals surface area contributed by atoms with Crippen LogP contribution in [0.1, 0.15) is 22.3 Å². The van der Waals surface area contributed by atoms with Crippen molar-refractivity contribution in [3.63, 3.8) is 0 Å². The van der Waals surface area contributed by atoms with Crippen LogP contribution in [-0.4, -0.2) is 47.2 Å². The molecule has 1 aliphatic rings. The highest BCUT2D eigenvalue weighted by molar-refractivity contribution is 6.30. The van der Waals surface area contributed by atoms with E-state index >= 15 is 0 Å². The number of rotatable bonds is 4. The van der Waals surface area contributed by atoms with Crippen molar-refractivity contribution in [3.05, 3.63) is 75.8 Å². The van der Waals surface area contributed by atoms with Crippen LogP contribution < -0.4 is 4.90 Å². The Morgan fingerprint density at radius 1 is 0.871 bits per heavy atom. The molecule has 1 aliphatic heterocycles. The van der Waals surface area contributed by atoms with Crippen LogP contribution in [0.15, 0.2) is 48.5 Å². The van der Waals surface area contributed by atoms with Crippen LogP contribution in [0.3, 0.4) is 0 Å². The van der Waals surface area contributed by atoms with Crippen LogP contribution in [0.4, 0.5) is 5.82 Å². The number of nitrogens with zero attached hydrogens (tertiary/aromatic N) is 4. The van der Waals surface area contributed by atoms with E-state index in [0.717, 1.165) is 35.7 Å². The molecule has 0 unspecified atom stereocenters.